The van der Waals surface area contributed by atoms with Crippen molar-refractivity contribution in [1.82, 2.24) is 14.9 Å². The van der Waals surface area contributed by atoms with Gasteiger partial charge in [-0.05, 0) is 43.7 Å². The fourth-order valence-electron chi connectivity index (χ4n) is 2.41. The number of hydrogen-bond donors (Lipinski definition) is 0. The van der Waals surface area contributed by atoms with Gasteiger partial charge in [0.25, 0.3) is 0 Å². The van der Waals surface area contributed by atoms with Gasteiger partial charge in [-0.25, -0.2) is 4.68 Å². The molecule has 1 aromatic heterocycles. The molecule has 6 nitrogen and oxygen atoms in total. The Kier molecular flexibility index (Phi) is 5.53. The fraction of sp³-hybridized carbons (Fsp3) is 0.211. The van der Waals surface area contributed by atoms with Crippen molar-refractivity contribution in [2.24, 2.45) is 5.10 Å². The normalized spacial score (nSPS) is 11.1. The number of halogens is 1. The number of aryl methyl sites for hydroxylation is 2. The molecule has 0 unspecified atom stereocenters. The predicted molar refractivity (Wildman–Crippen MR) is 101 cm³/mol. The molecule has 0 radical (unpaired) electrons. The van der Waals surface area contributed by atoms with Crippen LogP contribution >= 0.6 is 11.6 Å². The van der Waals surface area contributed by atoms with Gasteiger partial charge in [0.1, 0.15) is 6.61 Å². The van der Waals surface area contributed by atoms with E-state index in [9.17, 15) is 0 Å². The standard InChI is InChI=1S/C19H19ClN4O2/c1-13-22-23-14(2)24(13)21-11-15-8-9-18(19(10-15)25-3)26-12-16-6-4-5-7-17(16)20/h4-11H,12H2,1-3H3/b21-11-. The highest BCUT2D eigenvalue weighted by atomic mass is 35.5. The number of hydrogen-bond acceptors (Lipinski definition) is 5. The Hall–Kier alpha value is -2.86. The third-order valence-electron chi connectivity index (χ3n) is 3.80. The largest absolute Gasteiger partial charge is 0.493 e. The molecule has 1 heterocycles. The second-order valence-corrected chi connectivity index (χ2v) is 6.05. The van der Waals surface area contributed by atoms with Crippen molar-refractivity contribution in [3.05, 3.63) is 70.3 Å². The van der Waals surface area contributed by atoms with E-state index >= 15 is 0 Å². The molecule has 0 N–H and O–H groups in total. The van der Waals surface area contributed by atoms with Gasteiger partial charge in [0.15, 0.2) is 23.1 Å². The molecule has 3 rings (SSSR count). The summed E-state index contributed by atoms with van der Waals surface area (Å²) in [7, 11) is 1.60. The number of benzene rings is 2. The Morgan fingerprint density at radius 3 is 2.50 bits per heavy atom. The van der Waals surface area contributed by atoms with Gasteiger partial charge in [-0.2, -0.15) is 5.10 Å². The topological polar surface area (TPSA) is 61.5 Å². The SMILES string of the molecule is COc1cc(/C=N\n2c(C)nnc2C)ccc1OCc1ccccc1Cl. The van der Waals surface area contributed by atoms with E-state index in [4.69, 9.17) is 21.1 Å². The van der Waals surface area contributed by atoms with E-state index in [0.717, 1.165) is 22.8 Å². The smallest absolute Gasteiger partial charge is 0.161 e. The predicted octanol–water partition coefficient (Wildman–Crippen LogP) is 4.02. The van der Waals surface area contributed by atoms with Gasteiger partial charge >= 0.3 is 0 Å². The highest BCUT2D eigenvalue weighted by Gasteiger charge is 2.08. The number of rotatable bonds is 6. The van der Waals surface area contributed by atoms with E-state index < -0.39 is 0 Å². The first-order chi connectivity index (χ1) is 12.6. The summed E-state index contributed by atoms with van der Waals surface area (Å²) in [6.07, 6.45) is 1.73. The van der Waals surface area contributed by atoms with Crippen LogP contribution < -0.4 is 9.47 Å². The maximum atomic E-state index is 6.16. The van der Waals surface area contributed by atoms with Crippen LogP contribution in [-0.2, 0) is 6.61 Å². The minimum atomic E-state index is 0.364. The zero-order valence-corrected chi connectivity index (χ0v) is 15.6. The first-order valence-electron chi connectivity index (χ1n) is 8.05. The molecular formula is C19H19ClN4O2. The second kappa shape index (κ2) is 8.01. The highest BCUT2D eigenvalue weighted by Crippen LogP contribution is 2.29. The van der Waals surface area contributed by atoms with Gasteiger partial charge in [0.05, 0.1) is 13.3 Å². The summed E-state index contributed by atoms with van der Waals surface area (Å²) in [5, 5.41) is 13.0. The molecule has 0 saturated heterocycles. The van der Waals surface area contributed by atoms with E-state index in [0.29, 0.717) is 23.1 Å². The minimum absolute atomic E-state index is 0.364. The molecule has 134 valence electrons. The van der Waals surface area contributed by atoms with Crippen LogP contribution in [0.2, 0.25) is 5.02 Å². The molecule has 0 amide bonds. The number of nitrogens with zero attached hydrogens (tertiary/aromatic N) is 4. The van der Waals surface area contributed by atoms with Crippen LogP contribution in [0.25, 0.3) is 0 Å². The van der Waals surface area contributed by atoms with E-state index in [1.165, 1.54) is 0 Å². The Balaban J connectivity index is 1.76. The lowest BCUT2D eigenvalue weighted by Gasteiger charge is -2.12. The Morgan fingerprint density at radius 1 is 1.08 bits per heavy atom. The average Bonchev–Trinajstić information content (AvgIpc) is 2.97. The van der Waals surface area contributed by atoms with Gasteiger partial charge in [0.2, 0.25) is 0 Å². The lowest BCUT2D eigenvalue weighted by atomic mass is 10.2. The van der Waals surface area contributed by atoms with Crippen molar-refractivity contribution >= 4 is 17.8 Å². The van der Waals surface area contributed by atoms with E-state index in [1.807, 2.05) is 56.3 Å². The highest BCUT2D eigenvalue weighted by molar-refractivity contribution is 6.31. The molecule has 2 aromatic carbocycles. The van der Waals surface area contributed by atoms with Gasteiger partial charge in [0, 0.05) is 10.6 Å². The zero-order chi connectivity index (χ0) is 18.5. The summed E-state index contributed by atoms with van der Waals surface area (Å²) in [4.78, 5) is 0. The number of aromatic nitrogens is 3. The molecule has 0 aliphatic rings. The van der Waals surface area contributed by atoms with Crippen LogP contribution in [0.15, 0.2) is 47.6 Å². The summed E-state index contributed by atoms with van der Waals surface area (Å²) in [6, 6.07) is 13.2. The van der Waals surface area contributed by atoms with Gasteiger partial charge in [-0.3, -0.25) is 0 Å². The molecule has 0 bridgehead atoms. The average molecular weight is 371 g/mol. The van der Waals surface area contributed by atoms with E-state index in [2.05, 4.69) is 15.3 Å². The molecule has 0 aliphatic heterocycles. The van der Waals surface area contributed by atoms with Crippen molar-refractivity contribution in [3.63, 3.8) is 0 Å². The maximum absolute atomic E-state index is 6.16. The first-order valence-corrected chi connectivity index (χ1v) is 8.43. The number of methoxy groups -OCH3 is 1. The van der Waals surface area contributed by atoms with Crippen LogP contribution in [-0.4, -0.2) is 28.2 Å². The molecule has 3 aromatic rings. The summed E-state index contributed by atoms with van der Waals surface area (Å²) in [6.45, 7) is 4.07. The summed E-state index contributed by atoms with van der Waals surface area (Å²) in [5.41, 5.74) is 1.79. The molecule has 0 fully saturated rings. The van der Waals surface area contributed by atoms with Crippen molar-refractivity contribution in [2.45, 2.75) is 20.5 Å². The first kappa shape index (κ1) is 17.9. The van der Waals surface area contributed by atoms with Crippen LogP contribution in [0.1, 0.15) is 22.8 Å². The third kappa shape index (κ3) is 4.03. The van der Waals surface area contributed by atoms with Gasteiger partial charge < -0.3 is 9.47 Å². The van der Waals surface area contributed by atoms with E-state index in [1.54, 1.807) is 18.0 Å². The van der Waals surface area contributed by atoms with Crippen LogP contribution in [0.5, 0.6) is 11.5 Å². The molecular weight excluding hydrogens is 352 g/mol. The minimum Gasteiger partial charge on any atom is -0.493 e. The third-order valence-corrected chi connectivity index (χ3v) is 4.17. The molecule has 0 saturated carbocycles. The fourth-order valence-corrected chi connectivity index (χ4v) is 2.60. The van der Waals surface area contributed by atoms with Gasteiger partial charge in [-0.15, -0.1) is 10.2 Å². The van der Waals surface area contributed by atoms with Crippen molar-refractivity contribution < 1.29 is 9.47 Å². The molecule has 26 heavy (non-hydrogen) atoms. The number of ether oxygens (including phenoxy) is 2. The molecule has 0 atom stereocenters. The van der Waals surface area contributed by atoms with Crippen LogP contribution in [0.4, 0.5) is 0 Å². The van der Waals surface area contributed by atoms with Crippen LogP contribution in [0, 0.1) is 13.8 Å². The second-order valence-electron chi connectivity index (χ2n) is 5.64. The van der Waals surface area contributed by atoms with Crippen molar-refractivity contribution in [2.75, 3.05) is 7.11 Å². The molecule has 7 heteroatoms. The molecule has 0 spiro atoms. The lowest BCUT2D eigenvalue weighted by molar-refractivity contribution is 0.284. The quantitative estimate of drug-likeness (QED) is 0.615. The Bertz CT molecular complexity index is 918. The van der Waals surface area contributed by atoms with E-state index in [-0.39, 0.29) is 0 Å². The summed E-state index contributed by atoms with van der Waals surface area (Å²) < 4.78 is 13.0. The van der Waals surface area contributed by atoms with Gasteiger partial charge in [-0.1, -0.05) is 29.8 Å². The Morgan fingerprint density at radius 2 is 1.81 bits per heavy atom. The monoisotopic (exact) mass is 370 g/mol. The van der Waals surface area contributed by atoms with Crippen molar-refractivity contribution in [3.8, 4) is 11.5 Å². The summed E-state index contributed by atoms with van der Waals surface area (Å²) in [5.74, 6) is 2.72. The lowest BCUT2D eigenvalue weighted by Crippen LogP contribution is -2.00. The van der Waals surface area contributed by atoms with Crippen molar-refractivity contribution in [1.29, 1.82) is 0 Å². The zero-order valence-electron chi connectivity index (χ0n) is 14.8. The van der Waals surface area contributed by atoms with Crippen LogP contribution in [0.3, 0.4) is 0 Å². The maximum Gasteiger partial charge on any atom is 0.161 e. The summed E-state index contributed by atoms with van der Waals surface area (Å²) >= 11 is 6.16. The molecule has 0 aliphatic carbocycles. The Labute approximate surface area is 157 Å².